The molecule has 0 saturated carbocycles. The highest BCUT2D eigenvalue weighted by atomic mass is 19.1. The fraction of sp³-hybridized carbons (Fsp3) is 0.538. The number of non-ortho nitro benzene ring substituents is 1. The molecular weight excluding hydrogens is 268 g/mol. The maximum atomic E-state index is 13.6. The van der Waals surface area contributed by atoms with Crippen LogP contribution in [-0.4, -0.2) is 36.0 Å². The average molecular weight is 287 g/mol. The number of hydrogen-bond donors (Lipinski definition) is 1. The van der Waals surface area contributed by atoms with Crippen LogP contribution < -0.4 is 5.32 Å². The third kappa shape index (κ3) is 4.12. The molecule has 0 radical (unpaired) electrons. The van der Waals surface area contributed by atoms with Crippen LogP contribution in [0.2, 0.25) is 0 Å². The summed E-state index contributed by atoms with van der Waals surface area (Å²) in [6.07, 6.45) is 0.983. The number of nitro benzene ring substituents is 1. The van der Waals surface area contributed by atoms with Crippen molar-refractivity contribution < 1.29 is 13.7 Å². The summed E-state index contributed by atoms with van der Waals surface area (Å²) >= 11 is 0. The van der Waals surface area contributed by atoms with E-state index in [4.69, 9.17) is 0 Å². The lowest BCUT2D eigenvalue weighted by Gasteiger charge is -2.23. The van der Waals surface area contributed by atoms with Crippen LogP contribution in [0.4, 0.5) is 20.2 Å². The molecule has 20 heavy (non-hydrogen) atoms. The molecule has 0 saturated heterocycles. The molecule has 1 aromatic carbocycles. The third-order valence-corrected chi connectivity index (χ3v) is 3.35. The van der Waals surface area contributed by atoms with Gasteiger partial charge in [-0.1, -0.05) is 6.92 Å². The van der Waals surface area contributed by atoms with Crippen molar-refractivity contribution in [3.05, 3.63) is 33.9 Å². The summed E-state index contributed by atoms with van der Waals surface area (Å²) in [7, 11) is 1.93. The highest BCUT2D eigenvalue weighted by molar-refractivity contribution is 5.51. The first-order valence-corrected chi connectivity index (χ1v) is 6.44. The van der Waals surface area contributed by atoms with Gasteiger partial charge in [-0.05, 0) is 20.4 Å². The van der Waals surface area contributed by atoms with E-state index in [9.17, 15) is 18.9 Å². The summed E-state index contributed by atoms with van der Waals surface area (Å²) in [4.78, 5) is 11.7. The summed E-state index contributed by atoms with van der Waals surface area (Å²) in [5.41, 5.74) is -0.921. The standard InChI is InChI=1S/C13H19F2N3O2/c1-4-9(2)17(3)6-5-16-13-11(14)7-10(18(19)20)8-12(13)15/h7-9,16H,4-6H2,1-3H3. The lowest BCUT2D eigenvalue weighted by atomic mass is 10.2. The van der Waals surface area contributed by atoms with Crippen molar-refractivity contribution >= 4 is 11.4 Å². The largest absolute Gasteiger partial charge is 0.379 e. The fourth-order valence-electron chi connectivity index (χ4n) is 1.72. The zero-order valence-corrected chi connectivity index (χ0v) is 11.8. The average Bonchev–Trinajstić information content (AvgIpc) is 2.40. The molecule has 5 nitrogen and oxygen atoms in total. The molecule has 112 valence electrons. The van der Waals surface area contributed by atoms with E-state index in [0.717, 1.165) is 6.42 Å². The van der Waals surface area contributed by atoms with Crippen LogP contribution in [0.1, 0.15) is 20.3 Å². The first kappa shape index (κ1) is 16.3. The van der Waals surface area contributed by atoms with E-state index < -0.39 is 22.2 Å². The van der Waals surface area contributed by atoms with Crippen molar-refractivity contribution in [3.63, 3.8) is 0 Å². The Morgan fingerprint density at radius 3 is 2.40 bits per heavy atom. The van der Waals surface area contributed by atoms with E-state index in [1.165, 1.54) is 0 Å². The number of hydrogen-bond acceptors (Lipinski definition) is 4. The molecule has 0 aliphatic heterocycles. The van der Waals surface area contributed by atoms with Gasteiger partial charge in [-0.3, -0.25) is 10.1 Å². The van der Waals surface area contributed by atoms with Crippen LogP contribution in [0.15, 0.2) is 12.1 Å². The second-order valence-corrected chi connectivity index (χ2v) is 4.71. The Kier molecular flexibility index (Phi) is 5.82. The van der Waals surface area contributed by atoms with Gasteiger partial charge in [0, 0.05) is 19.1 Å². The normalized spacial score (nSPS) is 12.5. The van der Waals surface area contributed by atoms with Gasteiger partial charge in [0.15, 0.2) is 11.6 Å². The minimum atomic E-state index is -0.956. The van der Waals surface area contributed by atoms with Gasteiger partial charge in [0.25, 0.3) is 5.69 Å². The maximum absolute atomic E-state index is 13.6. The lowest BCUT2D eigenvalue weighted by Crippen LogP contribution is -2.32. The van der Waals surface area contributed by atoms with Crippen LogP contribution >= 0.6 is 0 Å². The van der Waals surface area contributed by atoms with Crippen molar-refractivity contribution in [2.75, 3.05) is 25.5 Å². The molecule has 1 aromatic rings. The number of anilines is 1. The number of likely N-dealkylation sites (N-methyl/N-ethyl adjacent to an activating group) is 1. The Morgan fingerprint density at radius 2 is 1.95 bits per heavy atom. The van der Waals surface area contributed by atoms with Gasteiger partial charge in [0.05, 0.1) is 17.1 Å². The van der Waals surface area contributed by atoms with E-state index in [2.05, 4.69) is 24.1 Å². The molecule has 1 N–H and O–H groups in total. The van der Waals surface area contributed by atoms with Crippen LogP contribution in [0.25, 0.3) is 0 Å². The number of benzene rings is 1. The smallest absolute Gasteiger partial charge is 0.275 e. The molecule has 7 heteroatoms. The topological polar surface area (TPSA) is 58.4 Å². The predicted molar refractivity (Wildman–Crippen MR) is 73.9 cm³/mol. The van der Waals surface area contributed by atoms with Crippen molar-refractivity contribution in [3.8, 4) is 0 Å². The van der Waals surface area contributed by atoms with Gasteiger partial charge < -0.3 is 10.2 Å². The van der Waals surface area contributed by atoms with E-state index in [-0.39, 0.29) is 5.69 Å². The van der Waals surface area contributed by atoms with Gasteiger partial charge in [0.2, 0.25) is 0 Å². The molecule has 0 spiro atoms. The van der Waals surface area contributed by atoms with Crippen molar-refractivity contribution in [1.82, 2.24) is 4.90 Å². The molecule has 0 aliphatic rings. The second kappa shape index (κ2) is 7.14. The molecule has 1 rings (SSSR count). The molecular formula is C13H19F2N3O2. The molecule has 0 aromatic heterocycles. The molecule has 0 amide bonds. The molecule has 1 unspecified atom stereocenters. The number of nitrogens with one attached hydrogen (secondary N) is 1. The Bertz CT molecular complexity index is 460. The van der Waals surface area contributed by atoms with Crippen LogP contribution in [-0.2, 0) is 0 Å². The quantitative estimate of drug-likeness (QED) is 0.618. The summed E-state index contributed by atoms with van der Waals surface area (Å²) in [6, 6.07) is 1.80. The Balaban J connectivity index is 2.67. The van der Waals surface area contributed by atoms with E-state index in [0.29, 0.717) is 31.3 Å². The first-order chi connectivity index (χ1) is 9.36. The van der Waals surface area contributed by atoms with Crippen LogP contribution in [0.5, 0.6) is 0 Å². The maximum Gasteiger partial charge on any atom is 0.275 e. The molecule has 0 fully saturated rings. The first-order valence-electron chi connectivity index (χ1n) is 6.44. The Labute approximate surface area is 116 Å². The zero-order chi connectivity index (χ0) is 15.3. The molecule has 0 heterocycles. The number of nitro groups is 1. The van der Waals surface area contributed by atoms with Gasteiger partial charge >= 0.3 is 0 Å². The Hall–Kier alpha value is -1.76. The predicted octanol–water partition coefficient (Wildman–Crippen LogP) is 3.02. The Morgan fingerprint density at radius 1 is 1.40 bits per heavy atom. The van der Waals surface area contributed by atoms with Crippen molar-refractivity contribution in [2.24, 2.45) is 0 Å². The summed E-state index contributed by atoms with van der Waals surface area (Å²) in [5.74, 6) is -1.91. The molecule has 1 atom stereocenters. The van der Waals surface area contributed by atoms with Crippen molar-refractivity contribution in [1.29, 1.82) is 0 Å². The van der Waals surface area contributed by atoms with E-state index in [1.54, 1.807) is 0 Å². The van der Waals surface area contributed by atoms with Crippen LogP contribution in [0, 0.1) is 21.7 Å². The zero-order valence-electron chi connectivity index (χ0n) is 11.8. The summed E-state index contributed by atoms with van der Waals surface area (Å²) in [5, 5.41) is 13.1. The van der Waals surface area contributed by atoms with Crippen LogP contribution in [0.3, 0.4) is 0 Å². The number of halogens is 2. The molecule has 0 bridgehead atoms. The van der Waals surface area contributed by atoms with Gasteiger partial charge in [-0.25, -0.2) is 8.78 Å². The monoisotopic (exact) mass is 287 g/mol. The highest BCUT2D eigenvalue weighted by Gasteiger charge is 2.17. The van der Waals surface area contributed by atoms with Gasteiger partial charge in [-0.2, -0.15) is 0 Å². The fourth-order valence-corrected chi connectivity index (χ4v) is 1.72. The summed E-state index contributed by atoms with van der Waals surface area (Å²) < 4.78 is 27.2. The van der Waals surface area contributed by atoms with Gasteiger partial charge in [-0.15, -0.1) is 0 Å². The molecule has 0 aliphatic carbocycles. The van der Waals surface area contributed by atoms with E-state index >= 15 is 0 Å². The minimum Gasteiger partial charge on any atom is -0.379 e. The number of nitrogens with zero attached hydrogens (tertiary/aromatic N) is 2. The lowest BCUT2D eigenvalue weighted by molar-refractivity contribution is -0.385. The highest BCUT2D eigenvalue weighted by Crippen LogP contribution is 2.24. The number of rotatable bonds is 7. The SMILES string of the molecule is CCC(C)N(C)CCNc1c(F)cc([N+](=O)[O-])cc1F. The second-order valence-electron chi connectivity index (χ2n) is 4.71. The van der Waals surface area contributed by atoms with Crippen molar-refractivity contribution in [2.45, 2.75) is 26.3 Å². The third-order valence-electron chi connectivity index (χ3n) is 3.35. The van der Waals surface area contributed by atoms with E-state index in [1.807, 2.05) is 7.05 Å². The minimum absolute atomic E-state index is 0.326. The van der Waals surface area contributed by atoms with Gasteiger partial charge in [0.1, 0.15) is 5.69 Å². The summed E-state index contributed by atoms with van der Waals surface area (Å²) in [6.45, 7) is 5.09.